The Kier molecular flexibility index (Phi) is 4.93. The van der Waals surface area contributed by atoms with Crippen LogP contribution in [0.5, 0.6) is 0 Å². The minimum atomic E-state index is -1.03. The molecule has 0 spiro atoms. The van der Waals surface area contributed by atoms with Gasteiger partial charge in [-0.25, -0.2) is 9.69 Å². The van der Waals surface area contributed by atoms with Gasteiger partial charge in [0, 0.05) is 5.56 Å². The number of ether oxygens (including phenoxy) is 1. The summed E-state index contributed by atoms with van der Waals surface area (Å²) in [5.41, 5.74) is 1.77. The minimum Gasteiger partial charge on any atom is -0.458 e. The molecule has 8 nitrogen and oxygen atoms in total. The lowest BCUT2D eigenvalue weighted by atomic mass is 9.85. The van der Waals surface area contributed by atoms with E-state index in [1.54, 1.807) is 56.3 Å². The monoisotopic (exact) mass is 459 g/mol. The second-order valence-electron chi connectivity index (χ2n) is 9.84. The molecule has 8 heteroatoms. The van der Waals surface area contributed by atoms with Gasteiger partial charge in [-0.05, 0) is 63.1 Å². The summed E-state index contributed by atoms with van der Waals surface area (Å²) < 4.78 is 5.66. The molecule has 34 heavy (non-hydrogen) atoms. The van der Waals surface area contributed by atoms with Crippen LogP contribution in [0.3, 0.4) is 0 Å². The molecule has 2 amide bonds. The Morgan fingerprint density at radius 2 is 1.59 bits per heavy atom. The zero-order valence-electron chi connectivity index (χ0n) is 19.4. The molecule has 0 unspecified atom stereocenters. The third-order valence-corrected chi connectivity index (χ3v) is 6.47. The summed E-state index contributed by atoms with van der Waals surface area (Å²) >= 11 is 0. The van der Waals surface area contributed by atoms with Gasteiger partial charge in [-0.15, -0.1) is 0 Å². The van der Waals surface area contributed by atoms with E-state index in [1.807, 2.05) is 24.3 Å². The van der Waals surface area contributed by atoms with E-state index in [4.69, 9.17) is 4.74 Å². The summed E-state index contributed by atoms with van der Waals surface area (Å²) in [4.78, 5) is 53.6. The molecule has 2 fully saturated rings. The largest absolute Gasteiger partial charge is 0.458 e. The van der Waals surface area contributed by atoms with Crippen molar-refractivity contribution < 1.29 is 23.9 Å². The quantitative estimate of drug-likeness (QED) is 0.398. The topological polar surface area (TPSA) is 96.4 Å². The van der Waals surface area contributed by atoms with E-state index < -0.39 is 47.3 Å². The molecule has 2 aromatic rings. The van der Waals surface area contributed by atoms with Gasteiger partial charge in [0.15, 0.2) is 11.8 Å². The van der Waals surface area contributed by atoms with Gasteiger partial charge in [0.2, 0.25) is 11.8 Å². The number of carbonyl (C=O) groups excluding carboxylic acids is 4. The van der Waals surface area contributed by atoms with E-state index in [-0.39, 0.29) is 5.78 Å². The molecule has 3 heterocycles. The Morgan fingerprint density at radius 1 is 0.941 bits per heavy atom. The van der Waals surface area contributed by atoms with Crippen LogP contribution < -0.4 is 4.90 Å². The number of esters is 1. The van der Waals surface area contributed by atoms with Crippen molar-refractivity contribution in [2.24, 2.45) is 16.9 Å². The second kappa shape index (κ2) is 7.62. The zero-order valence-corrected chi connectivity index (χ0v) is 19.4. The van der Waals surface area contributed by atoms with Crippen molar-refractivity contribution in [2.75, 3.05) is 4.90 Å². The van der Waals surface area contributed by atoms with Crippen molar-refractivity contribution in [3.8, 4) is 0 Å². The lowest BCUT2D eigenvalue weighted by molar-refractivity contribution is -0.163. The predicted octanol–water partition coefficient (Wildman–Crippen LogP) is 3.11. The zero-order chi connectivity index (χ0) is 24.4. The number of Topliss-reactive ketones (excluding diaryl/α,β-unsaturated/α-hetero) is 1. The fourth-order valence-corrected chi connectivity index (χ4v) is 5.10. The number of anilines is 1. The molecule has 3 aliphatic heterocycles. The Labute approximate surface area is 197 Å². The number of carbonyl (C=O) groups is 4. The third kappa shape index (κ3) is 3.32. The molecule has 3 aliphatic rings. The fraction of sp³-hybridized carbons (Fsp3) is 0.346. The van der Waals surface area contributed by atoms with Crippen LogP contribution in [-0.2, 0) is 19.1 Å². The number of hydrogen-bond acceptors (Lipinski definition) is 7. The summed E-state index contributed by atoms with van der Waals surface area (Å²) in [7, 11) is 0. The first kappa shape index (κ1) is 22.0. The molecule has 2 aromatic carbocycles. The van der Waals surface area contributed by atoms with Crippen molar-refractivity contribution in [1.29, 1.82) is 0 Å². The lowest BCUT2D eigenvalue weighted by Crippen LogP contribution is -2.46. The number of fused-ring (bicyclic) bond motifs is 5. The number of benzene rings is 2. The normalized spacial score (nSPS) is 25.2. The van der Waals surface area contributed by atoms with E-state index in [0.717, 1.165) is 16.0 Å². The van der Waals surface area contributed by atoms with Gasteiger partial charge in [-0.1, -0.05) is 24.3 Å². The van der Waals surface area contributed by atoms with Crippen LogP contribution >= 0.6 is 0 Å². The van der Waals surface area contributed by atoms with Gasteiger partial charge in [0.05, 0.1) is 29.8 Å². The number of nitrogens with zero attached hydrogens (tertiary/aromatic N) is 3. The summed E-state index contributed by atoms with van der Waals surface area (Å²) in [5, 5.41) is 6.06. The van der Waals surface area contributed by atoms with Gasteiger partial charge in [-0.3, -0.25) is 19.4 Å². The maximum Gasteiger partial charge on any atom is 0.331 e. The molecule has 0 aromatic heterocycles. The van der Waals surface area contributed by atoms with E-state index in [2.05, 4.69) is 5.10 Å². The van der Waals surface area contributed by atoms with Crippen molar-refractivity contribution in [2.45, 2.75) is 45.4 Å². The molecule has 0 radical (unpaired) electrons. The molecular weight excluding hydrogens is 434 g/mol. The Balaban J connectivity index is 1.60. The SMILES string of the molecule is CC(=O)c1ccc(N2C(=O)[C@@H]3[C@H](C2=O)[C@H]2c4ccccc4C=NN2[C@@H]3C(=O)OC(C)(C)C)cc1. The van der Waals surface area contributed by atoms with Crippen LogP contribution in [0, 0.1) is 11.8 Å². The van der Waals surface area contributed by atoms with E-state index in [9.17, 15) is 19.2 Å². The number of hydrazone groups is 1. The molecule has 5 rings (SSSR count). The molecule has 0 saturated carbocycles. The van der Waals surface area contributed by atoms with Gasteiger partial charge >= 0.3 is 5.97 Å². The number of ketones is 1. The number of rotatable bonds is 3. The van der Waals surface area contributed by atoms with Gasteiger partial charge < -0.3 is 4.74 Å². The highest BCUT2D eigenvalue weighted by molar-refractivity contribution is 6.24. The standard InChI is InChI=1S/C26H25N3O5/c1-14(30)15-9-11-17(12-10-15)28-23(31)19-20(24(28)32)22(25(33)34-26(2,3)4)29-21(19)18-8-6-5-7-16(18)13-27-29/h5-13,19-22H,1-4H3/t19-,20+,21+,22-/m0/s1. The minimum absolute atomic E-state index is 0.111. The Morgan fingerprint density at radius 3 is 2.24 bits per heavy atom. The highest BCUT2D eigenvalue weighted by Gasteiger charge is 2.66. The van der Waals surface area contributed by atoms with Crippen molar-refractivity contribution in [1.82, 2.24) is 5.01 Å². The van der Waals surface area contributed by atoms with Crippen LogP contribution in [-0.4, -0.2) is 46.4 Å². The molecule has 0 bridgehead atoms. The summed E-state index contributed by atoms with van der Waals surface area (Å²) in [6.45, 7) is 6.73. The predicted molar refractivity (Wildman–Crippen MR) is 124 cm³/mol. The maximum absolute atomic E-state index is 13.7. The van der Waals surface area contributed by atoms with Gasteiger partial charge in [0.1, 0.15) is 5.60 Å². The first-order chi connectivity index (χ1) is 16.1. The average molecular weight is 460 g/mol. The molecule has 2 saturated heterocycles. The molecule has 0 aliphatic carbocycles. The van der Waals surface area contributed by atoms with Gasteiger partial charge in [0.25, 0.3) is 0 Å². The van der Waals surface area contributed by atoms with E-state index in [1.165, 1.54) is 6.92 Å². The third-order valence-electron chi connectivity index (χ3n) is 6.47. The Hall–Kier alpha value is -3.81. The molecular formula is C26H25N3O5. The number of imide groups is 1. The maximum atomic E-state index is 13.7. The van der Waals surface area contributed by atoms with Crippen molar-refractivity contribution in [3.63, 3.8) is 0 Å². The van der Waals surface area contributed by atoms with Crippen molar-refractivity contribution in [3.05, 3.63) is 65.2 Å². The van der Waals surface area contributed by atoms with Crippen LogP contribution in [0.4, 0.5) is 5.69 Å². The molecule has 4 atom stereocenters. The van der Waals surface area contributed by atoms with Crippen LogP contribution in [0.2, 0.25) is 0 Å². The molecule has 0 N–H and O–H groups in total. The highest BCUT2D eigenvalue weighted by atomic mass is 16.6. The Bertz CT molecular complexity index is 1240. The number of amides is 2. The van der Waals surface area contributed by atoms with E-state index in [0.29, 0.717) is 11.3 Å². The smallest absolute Gasteiger partial charge is 0.331 e. The number of hydrogen-bond donors (Lipinski definition) is 0. The second-order valence-corrected chi connectivity index (χ2v) is 9.84. The lowest BCUT2D eigenvalue weighted by Gasteiger charge is -2.34. The highest BCUT2D eigenvalue weighted by Crippen LogP contribution is 2.52. The summed E-state index contributed by atoms with van der Waals surface area (Å²) in [6.07, 6.45) is 1.65. The van der Waals surface area contributed by atoms with Crippen LogP contribution in [0.15, 0.2) is 53.6 Å². The summed E-state index contributed by atoms with van der Waals surface area (Å²) in [5.74, 6) is -3.29. The van der Waals surface area contributed by atoms with Crippen LogP contribution in [0.1, 0.15) is 55.2 Å². The van der Waals surface area contributed by atoms with E-state index >= 15 is 0 Å². The van der Waals surface area contributed by atoms with Crippen molar-refractivity contribution >= 4 is 35.5 Å². The summed E-state index contributed by atoms with van der Waals surface area (Å²) in [6, 6.07) is 12.3. The average Bonchev–Trinajstić information content (AvgIpc) is 3.25. The fourth-order valence-electron chi connectivity index (χ4n) is 5.10. The first-order valence-corrected chi connectivity index (χ1v) is 11.2. The first-order valence-electron chi connectivity index (χ1n) is 11.2. The molecule has 174 valence electrons. The van der Waals surface area contributed by atoms with Gasteiger partial charge in [-0.2, -0.15) is 5.10 Å². The van der Waals surface area contributed by atoms with Crippen LogP contribution in [0.25, 0.3) is 0 Å².